The Morgan fingerprint density at radius 1 is 1.00 bits per heavy atom. The van der Waals surface area contributed by atoms with Crippen molar-refractivity contribution in [3.63, 3.8) is 0 Å². The minimum absolute atomic E-state index is 0.284. The summed E-state index contributed by atoms with van der Waals surface area (Å²) in [5.41, 5.74) is 5.51. The number of esters is 3. The van der Waals surface area contributed by atoms with E-state index in [9.17, 15) is 24.3 Å². The number of carbonyl (C=O) groups is 4. The number of hydrogen-bond acceptors (Lipinski definition) is 9. The number of aliphatic hydroxyl groups excluding tert-OH is 1. The van der Waals surface area contributed by atoms with E-state index in [4.69, 9.17) is 19.9 Å². The average molecular weight is 305 g/mol. The van der Waals surface area contributed by atoms with Crippen molar-refractivity contribution in [1.82, 2.24) is 0 Å². The fourth-order valence-corrected chi connectivity index (χ4v) is 1.60. The van der Waals surface area contributed by atoms with Gasteiger partial charge in [0.1, 0.15) is 12.3 Å². The van der Waals surface area contributed by atoms with Gasteiger partial charge < -0.3 is 29.8 Å². The summed E-state index contributed by atoms with van der Waals surface area (Å²) in [5.74, 6) is -2.33. The smallest absolute Gasteiger partial charge is 0.303 e. The second-order valence-electron chi connectivity index (χ2n) is 4.19. The summed E-state index contributed by atoms with van der Waals surface area (Å²) in [6.07, 6.45) is -3.87. The van der Waals surface area contributed by atoms with Crippen molar-refractivity contribution < 1.29 is 38.5 Å². The first kappa shape index (κ1) is 19.0. The lowest BCUT2D eigenvalue weighted by Crippen LogP contribution is -2.54. The molecule has 0 saturated heterocycles. The fourth-order valence-electron chi connectivity index (χ4n) is 1.60. The van der Waals surface area contributed by atoms with Crippen LogP contribution in [-0.2, 0) is 33.4 Å². The minimum Gasteiger partial charge on any atom is -0.456 e. The van der Waals surface area contributed by atoms with Gasteiger partial charge in [0.15, 0.2) is 18.3 Å². The monoisotopic (exact) mass is 305 g/mol. The summed E-state index contributed by atoms with van der Waals surface area (Å²) in [4.78, 5) is 44.1. The van der Waals surface area contributed by atoms with Crippen LogP contribution < -0.4 is 5.73 Å². The molecule has 0 rings (SSSR count). The third-order valence-corrected chi connectivity index (χ3v) is 2.33. The quantitative estimate of drug-likeness (QED) is 0.304. The number of nitrogens with two attached hydrogens (primary N) is 1. The molecule has 9 heteroatoms. The fraction of sp³-hybridized carbons (Fsp3) is 0.667. The highest BCUT2D eigenvalue weighted by atomic mass is 16.6. The Bertz CT molecular complexity index is 397. The molecule has 0 aliphatic heterocycles. The molecule has 9 nitrogen and oxygen atoms in total. The summed E-state index contributed by atoms with van der Waals surface area (Å²) in [5, 5.41) is 9.26. The lowest BCUT2D eigenvalue weighted by atomic mass is 10.0. The molecule has 0 saturated carbocycles. The Labute approximate surface area is 121 Å². The van der Waals surface area contributed by atoms with Crippen molar-refractivity contribution in [3.05, 3.63) is 0 Å². The van der Waals surface area contributed by atoms with Gasteiger partial charge in [-0.05, 0) is 0 Å². The van der Waals surface area contributed by atoms with Crippen LogP contribution in [0, 0.1) is 0 Å². The molecule has 0 radical (unpaired) electrons. The molecule has 0 aliphatic carbocycles. The summed E-state index contributed by atoms with van der Waals surface area (Å²) in [6, 6.07) is -1.33. The normalized spacial score (nSPS) is 16.0. The van der Waals surface area contributed by atoms with Crippen LogP contribution >= 0.6 is 0 Å². The van der Waals surface area contributed by atoms with Crippen LogP contribution in [0.3, 0.4) is 0 Å². The molecule has 120 valence electrons. The zero-order valence-corrected chi connectivity index (χ0v) is 12.0. The maximum absolute atomic E-state index is 11.1. The number of carbonyl (C=O) groups excluding carboxylic acids is 4. The lowest BCUT2D eigenvalue weighted by molar-refractivity contribution is -0.187. The zero-order valence-electron chi connectivity index (χ0n) is 12.0. The Balaban J connectivity index is 5.45. The summed E-state index contributed by atoms with van der Waals surface area (Å²) >= 11 is 0. The zero-order chi connectivity index (χ0) is 16.6. The molecule has 0 aliphatic rings. The van der Waals surface area contributed by atoms with Gasteiger partial charge in [-0.1, -0.05) is 0 Å². The predicted octanol–water partition coefficient (Wildman–Crippen LogP) is -1.70. The number of ether oxygens (including phenoxy) is 3. The standard InChI is InChI=1S/C12H19NO8/c1-6(16)19-10(5-15)12(21-8(3)18)11(9(13)4-14)20-7(2)17/h4,9-12,15H,5,13H2,1-3H3/t9-,10-,11-,12-/m1/s1. The molecule has 0 aromatic carbocycles. The predicted molar refractivity (Wildman–Crippen MR) is 67.8 cm³/mol. The molecule has 0 aromatic heterocycles. The van der Waals surface area contributed by atoms with Gasteiger partial charge in [-0.25, -0.2) is 0 Å². The van der Waals surface area contributed by atoms with Gasteiger partial charge in [-0.2, -0.15) is 0 Å². The summed E-state index contributed by atoms with van der Waals surface area (Å²) in [7, 11) is 0. The third-order valence-electron chi connectivity index (χ3n) is 2.33. The van der Waals surface area contributed by atoms with E-state index in [1.54, 1.807) is 0 Å². The van der Waals surface area contributed by atoms with Gasteiger partial charge in [-0.3, -0.25) is 14.4 Å². The van der Waals surface area contributed by atoms with E-state index in [1.165, 1.54) is 0 Å². The van der Waals surface area contributed by atoms with Crippen LogP contribution in [0.25, 0.3) is 0 Å². The van der Waals surface area contributed by atoms with Crippen molar-refractivity contribution >= 4 is 24.2 Å². The largest absolute Gasteiger partial charge is 0.456 e. The van der Waals surface area contributed by atoms with E-state index >= 15 is 0 Å². The highest BCUT2D eigenvalue weighted by Gasteiger charge is 2.40. The second kappa shape index (κ2) is 9.03. The van der Waals surface area contributed by atoms with Crippen molar-refractivity contribution in [1.29, 1.82) is 0 Å². The van der Waals surface area contributed by atoms with Gasteiger partial charge >= 0.3 is 17.9 Å². The second-order valence-corrected chi connectivity index (χ2v) is 4.19. The van der Waals surface area contributed by atoms with Gasteiger partial charge in [0.05, 0.1) is 6.61 Å². The van der Waals surface area contributed by atoms with Crippen LogP contribution in [0.15, 0.2) is 0 Å². The molecule has 21 heavy (non-hydrogen) atoms. The van der Waals surface area contributed by atoms with Gasteiger partial charge in [0.2, 0.25) is 0 Å². The highest BCUT2D eigenvalue weighted by molar-refractivity contribution is 5.69. The van der Waals surface area contributed by atoms with E-state index in [1.807, 2.05) is 0 Å². The van der Waals surface area contributed by atoms with Gasteiger partial charge in [-0.15, -0.1) is 0 Å². The Hall–Kier alpha value is -2.00. The first-order valence-corrected chi connectivity index (χ1v) is 6.06. The van der Waals surface area contributed by atoms with Crippen LogP contribution in [0.4, 0.5) is 0 Å². The highest BCUT2D eigenvalue weighted by Crippen LogP contribution is 2.15. The third kappa shape index (κ3) is 6.82. The van der Waals surface area contributed by atoms with Crippen LogP contribution in [0.5, 0.6) is 0 Å². The number of aliphatic hydroxyl groups is 1. The number of aldehydes is 1. The SMILES string of the molecule is CC(=O)O[C@@H]([C@H](OC(C)=O)[C@@H](CO)OC(C)=O)[C@H](N)C=O. The number of rotatable bonds is 8. The van der Waals surface area contributed by atoms with Crippen molar-refractivity contribution in [2.75, 3.05) is 6.61 Å². The topological polar surface area (TPSA) is 142 Å². The average Bonchev–Trinajstić information content (AvgIpc) is 2.38. The molecule has 4 atom stereocenters. The maximum Gasteiger partial charge on any atom is 0.303 e. The first-order valence-electron chi connectivity index (χ1n) is 6.06. The Morgan fingerprint density at radius 3 is 1.76 bits per heavy atom. The molecule has 3 N–H and O–H groups in total. The van der Waals surface area contributed by atoms with Crippen LogP contribution in [-0.4, -0.2) is 60.3 Å². The van der Waals surface area contributed by atoms with Crippen molar-refractivity contribution in [2.24, 2.45) is 5.73 Å². The van der Waals surface area contributed by atoms with E-state index in [-0.39, 0.29) is 6.29 Å². The molecular weight excluding hydrogens is 286 g/mol. The van der Waals surface area contributed by atoms with Crippen LogP contribution in [0.2, 0.25) is 0 Å². The van der Waals surface area contributed by atoms with E-state index < -0.39 is 48.9 Å². The van der Waals surface area contributed by atoms with Crippen molar-refractivity contribution in [3.8, 4) is 0 Å². The van der Waals surface area contributed by atoms with Crippen LogP contribution in [0.1, 0.15) is 20.8 Å². The van der Waals surface area contributed by atoms with E-state index in [2.05, 4.69) is 0 Å². The molecular formula is C12H19NO8. The molecule has 0 heterocycles. The molecule has 0 spiro atoms. The van der Waals surface area contributed by atoms with E-state index in [0.717, 1.165) is 20.8 Å². The lowest BCUT2D eigenvalue weighted by Gasteiger charge is -2.32. The van der Waals surface area contributed by atoms with Crippen molar-refractivity contribution in [2.45, 2.75) is 45.1 Å². The summed E-state index contributed by atoms with van der Waals surface area (Å²) in [6.45, 7) is 2.48. The molecule has 0 bridgehead atoms. The maximum atomic E-state index is 11.1. The molecule has 0 aromatic rings. The van der Waals surface area contributed by atoms with Gasteiger partial charge in [0.25, 0.3) is 0 Å². The minimum atomic E-state index is -1.42. The molecule has 0 amide bonds. The first-order chi connectivity index (χ1) is 9.72. The van der Waals surface area contributed by atoms with Gasteiger partial charge in [0, 0.05) is 20.8 Å². The molecule has 0 unspecified atom stereocenters. The Morgan fingerprint density at radius 2 is 1.43 bits per heavy atom. The molecule has 0 fully saturated rings. The van der Waals surface area contributed by atoms with E-state index in [0.29, 0.717) is 0 Å². The number of hydrogen-bond donors (Lipinski definition) is 2. The Kier molecular flexibility index (Phi) is 8.17. The summed E-state index contributed by atoms with van der Waals surface area (Å²) < 4.78 is 14.5.